The van der Waals surface area contributed by atoms with Crippen LogP contribution >= 0.6 is 0 Å². The highest BCUT2D eigenvalue weighted by Gasteiger charge is 2.71. The SMILES string of the molecule is C[C@]12CCC(O)C[C@@H]1CC[C@H]1[C@@H]2CC[C@@]2(C)[C@@H](C(O)CC(O)(C(F)(F)F)C(F)(F)F)CC[C@@H]12. The van der Waals surface area contributed by atoms with Gasteiger partial charge in [0.25, 0.3) is 5.60 Å². The van der Waals surface area contributed by atoms with Gasteiger partial charge in [0.1, 0.15) is 0 Å². The summed E-state index contributed by atoms with van der Waals surface area (Å²) in [5, 5.41) is 30.5. The molecule has 4 aliphatic rings. The zero-order valence-corrected chi connectivity index (χ0v) is 19.2. The molecule has 0 aromatic carbocycles. The molecule has 4 aliphatic carbocycles. The van der Waals surface area contributed by atoms with Gasteiger partial charge in [-0.2, -0.15) is 26.3 Å². The van der Waals surface area contributed by atoms with Crippen molar-refractivity contribution in [2.75, 3.05) is 0 Å². The summed E-state index contributed by atoms with van der Waals surface area (Å²) < 4.78 is 79.4. The van der Waals surface area contributed by atoms with Crippen LogP contribution in [0.4, 0.5) is 26.3 Å². The van der Waals surface area contributed by atoms with Crippen molar-refractivity contribution in [3.63, 3.8) is 0 Å². The third-order valence-corrected chi connectivity index (χ3v) is 10.6. The highest BCUT2D eigenvalue weighted by atomic mass is 19.4. The Bertz CT molecular complexity index is 725. The second-order valence-electron chi connectivity index (χ2n) is 11.9. The summed E-state index contributed by atoms with van der Waals surface area (Å²) in [5.41, 5.74) is -5.36. The van der Waals surface area contributed by atoms with Crippen molar-refractivity contribution < 1.29 is 41.7 Å². The highest BCUT2D eigenvalue weighted by molar-refractivity contribution is 5.11. The van der Waals surface area contributed by atoms with E-state index in [0.717, 1.165) is 38.5 Å². The zero-order chi connectivity index (χ0) is 24.6. The van der Waals surface area contributed by atoms with E-state index in [1.165, 1.54) is 0 Å². The van der Waals surface area contributed by atoms with Crippen LogP contribution in [0.25, 0.3) is 0 Å². The fraction of sp³-hybridized carbons (Fsp3) is 1.00. The molecule has 0 bridgehead atoms. The molecule has 0 spiro atoms. The third-order valence-electron chi connectivity index (χ3n) is 10.6. The Labute approximate surface area is 190 Å². The molecule has 4 rings (SSSR count). The van der Waals surface area contributed by atoms with Gasteiger partial charge >= 0.3 is 12.4 Å². The molecule has 3 nitrogen and oxygen atoms in total. The Morgan fingerprint density at radius 1 is 0.818 bits per heavy atom. The summed E-state index contributed by atoms with van der Waals surface area (Å²) in [7, 11) is 0. The standard InChI is InChI=1S/C24H36F6O3/c1-20-9-7-14(31)11-13(20)3-4-15-16-5-6-18(21(16,2)10-8-17(15)20)19(32)12-22(33,23(25,26)27)24(28,29)30/h13-19,31-33H,3-12H2,1-2H3/t13-,14?,15+,16-,17-,18+,19?,20-,21+/m0/s1. The van der Waals surface area contributed by atoms with E-state index in [2.05, 4.69) is 6.92 Å². The molecule has 3 N–H and O–H groups in total. The van der Waals surface area contributed by atoms with E-state index in [0.29, 0.717) is 37.0 Å². The summed E-state index contributed by atoms with van der Waals surface area (Å²) in [6.07, 6.45) is -8.76. The summed E-state index contributed by atoms with van der Waals surface area (Å²) in [6, 6.07) is 0. The lowest BCUT2D eigenvalue weighted by atomic mass is 9.44. The molecule has 192 valence electrons. The Morgan fingerprint density at radius 2 is 1.39 bits per heavy atom. The lowest BCUT2D eigenvalue weighted by Crippen LogP contribution is -2.60. The number of aliphatic hydroxyl groups is 3. The maximum absolute atomic E-state index is 13.2. The van der Waals surface area contributed by atoms with Crippen molar-refractivity contribution in [2.24, 2.45) is 40.4 Å². The molecule has 4 saturated carbocycles. The van der Waals surface area contributed by atoms with Crippen LogP contribution in [0.3, 0.4) is 0 Å². The normalized spacial score (nSPS) is 45.2. The molecule has 0 aromatic heterocycles. The molecular formula is C24H36F6O3. The van der Waals surface area contributed by atoms with Gasteiger partial charge in [0, 0.05) is 6.42 Å². The Kier molecular flexibility index (Phi) is 6.18. The Hall–Kier alpha value is -0.540. The minimum Gasteiger partial charge on any atom is -0.393 e. The molecule has 4 fully saturated rings. The lowest BCUT2D eigenvalue weighted by molar-refractivity contribution is -0.375. The highest BCUT2D eigenvalue weighted by Crippen LogP contribution is 2.68. The molecule has 2 unspecified atom stereocenters. The van der Waals surface area contributed by atoms with Crippen molar-refractivity contribution in [3.05, 3.63) is 0 Å². The predicted molar refractivity (Wildman–Crippen MR) is 109 cm³/mol. The first-order valence-electron chi connectivity index (χ1n) is 12.3. The van der Waals surface area contributed by atoms with Gasteiger partial charge in [-0.05, 0) is 98.2 Å². The van der Waals surface area contributed by atoms with Crippen LogP contribution in [0.15, 0.2) is 0 Å². The van der Waals surface area contributed by atoms with E-state index in [-0.39, 0.29) is 17.4 Å². The minimum atomic E-state index is -5.92. The monoisotopic (exact) mass is 486 g/mol. The average molecular weight is 487 g/mol. The number of alkyl halides is 6. The number of halogens is 6. The fourth-order valence-electron chi connectivity index (χ4n) is 8.75. The van der Waals surface area contributed by atoms with E-state index in [1.54, 1.807) is 0 Å². The number of hydrogen-bond acceptors (Lipinski definition) is 3. The van der Waals surface area contributed by atoms with Crippen LogP contribution in [-0.2, 0) is 0 Å². The van der Waals surface area contributed by atoms with E-state index in [1.807, 2.05) is 6.92 Å². The first kappa shape index (κ1) is 25.5. The first-order valence-corrected chi connectivity index (χ1v) is 12.3. The summed E-state index contributed by atoms with van der Waals surface area (Å²) in [5.74, 6) is 0.647. The Morgan fingerprint density at radius 3 is 2.00 bits per heavy atom. The van der Waals surface area contributed by atoms with Crippen molar-refractivity contribution >= 4 is 0 Å². The molecule has 33 heavy (non-hydrogen) atoms. The van der Waals surface area contributed by atoms with E-state index in [9.17, 15) is 41.7 Å². The fourth-order valence-corrected chi connectivity index (χ4v) is 8.75. The van der Waals surface area contributed by atoms with E-state index < -0.39 is 41.8 Å². The average Bonchev–Trinajstić information content (AvgIpc) is 3.04. The smallest absolute Gasteiger partial charge is 0.393 e. The number of aliphatic hydroxyl groups excluding tert-OH is 2. The van der Waals surface area contributed by atoms with Gasteiger partial charge in [-0.15, -0.1) is 0 Å². The van der Waals surface area contributed by atoms with Crippen molar-refractivity contribution in [3.8, 4) is 0 Å². The number of rotatable bonds is 3. The van der Waals surface area contributed by atoms with Gasteiger partial charge in [-0.1, -0.05) is 13.8 Å². The molecule has 0 amide bonds. The molecular weight excluding hydrogens is 450 g/mol. The van der Waals surface area contributed by atoms with Gasteiger partial charge in [0.2, 0.25) is 0 Å². The molecule has 0 aromatic rings. The van der Waals surface area contributed by atoms with Crippen LogP contribution in [-0.4, -0.2) is 45.5 Å². The summed E-state index contributed by atoms with van der Waals surface area (Å²) in [4.78, 5) is 0. The predicted octanol–water partition coefficient (Wildman–Crippen LogP) is 5.61. The first-order chi connectivity index (χ1) is 15.0. The van der Waals surface area contributed by atoms with Gasteiger partial charge < -0.3 is 15.3 Å². The molecule has 0 aliphatic heterocycles. The third kappa shape index (κ3) is 3.83. The lowest BCUT2D eigenvalue weighted by Gasteiger charge is -2.61. The Balaban J connectivity index is 1.54. The zero-order valence-electron chi connectivity index (χ0n) is 19.2. The van der Waals surface area contributed by atoms with Crippen LogP contribution in [0.5, 0.6) is 0 Å². The van der Waals surface area contributed by atoms with Crippen LogP contribution in [0.1, 0.15) is 78.1 Å². The van der Waals surface area contributed by atoms with E-state index in [4.69, 9.17) is 0 Å². The maximum atomic E-state index is 13.2. The van der Waals surface area contributed by atoms with Crippen LogP contribution < -0.4 is 0 Å². The van der Waals surface area contributed by atoms with Crippen LogP contribution in [0, 0.1) is 40.4 Å². The largest absolute Gasteiger partial charge is 0.426 e. The molecule has 0 radical (unpaired) electrons. The van der Waals surface area contributed by atoms with Crippen molar-refractivity contribution in [1.82, 2.24) is 0 Å². The van der Waals surface area contributed by atoms with Gasteiger partial charge in [0.15, 0.2) is 0 Å². The van der Waals surface area contributed by atoms with Gasteiger partial charge in [0.05, 0.1) is 12.2 Å². The summed E-state index contributed by atoms with van der Waals surface area (Å²) >= 11 is 0. The molecule has 9 heteroatoms. The molecule has 0 saturated heterocycles. The van der Waals surface area contributed by atoms with Gasteiger partial charge in [-0.25, -0.2) is 0 Å². The second-order valence-corrected chi connectivity index (χ2v) is 11.9. The second kappa shape index (κ2) is 7.99. The van der Waals surface area contributed by atoms with E-state index >= 15 is 0 Å². The minimum absolute atomic E-state index is 0.104. The quantitative estimate of drug-likeness (QED) is 0.455. The topological polar surface area (TPSA) is 60.7 Å². The number of fused-ring (bicyclic) bond motifs is 5. The molecule has 9 atom stereocenters. The maximum Gasteiger partial charge on any atom is 0.426 e. The summed E-state index contributed by atoms with van der Waals surface area (Å²) in [6.45, 7) is 4.23. The van der Waals surface area contributed by atoms with Gasteiger partial charge in [-0.3, -0.25) is 0 Å². The van der Waals surface area contributed by atoms with Crippen molar-refractivity contribution in [1.29, 1.82) is 0 Å². The molecule has 0 heterocycles. The number of hydrogen-bond donors (Lipinski definition) is 3. The van der Waals surface area contributed by atoms with Crippen molar-refractivity contribution in [2.45, 2.75) is 108 Å². The van der Waals surface area contributed by atoms with Crippen LogP contribution in [0.2, 0.25) is 0 Å².